The first kappa shape index (κ1) is 17.2. The summed E-state index contributed by atoms with van der Waals surface area (Å²) in [6.07, 6.45) is 0.260. The molecule has 0 radical (unpaired) electrons. The number of carboxylic acid groups (broad SMARTS) is 1. The molecule has 0 saturated carbocycles. The third-order valence-corrected chi connectivity index (χ3v) is 3.52. The van der Waals surface area contributed by atoms with Gasteiger partial charge in [-0.05, 0) is 5.92 Å². The Kier molecular flexibility index (Phi) is 6.43. The van der Waals surface area contributed by atoms with Crippen molar-refractivity contribution in [3.63, 3.8) is 0 Å². The highest BCUT2D eigenvalue weighted by Crippen LogP contribution is 2.20. The number of urea groups is 1. The monoisotopic (exact) mass is 297 g/mol. The number of likely N-dealkylation sites (N-methyl/N-ethyl adjacent to an activating group) is 1. The molecular formula is C14H23N3O4. The molecule has 2 amide bonds. The maximum Gasteiger partial charge on any atom is 0.320 e. The van der Waals surface area contributed by atoms with Gasteiger partial charge in [-0.2, -0.15) is 5.26 Å². The van der Waals surface area contributed by atoms with E-state index < -0.39 is 17.9 Å². The summed E-state index contributed by atoms with van der Waals surface area (Å²) in [5, 5.41) is 17.9. The number of amides is 2. The molecule has 0 aromatic carbocycles. The molecule has 0 aromatic rings. The molecule has 1 fully saturated rings. The molecule has 1 saturated heterocycles. The number of aliphatic carboxylic acids is 1. The molecule has 1 rings (SSSR count). The highest BCUT2D eigenvalue weighted by Gasteiger charge is 2.39. The molecule has 7 nitrogen and oxygen atoms in total. The fourth-order valence-corrected chi connectivity index (χ4v) is 2.42. The second kappa shape index (κ2) is 7.84. The van der Waals surface area contributed by atoms with Crippen molar-refractivity contribution in [2.24, 2.45) is 11.8 Å². The molecule has 2 unspecified atom stereocenters. The lowest BCUT2D eigenvalue weighted by Crippen LogP contribution is -2.50. The second-order valence-corrected chi connectivity index (χ2v) is 5.69. The lowest BCUT2D eigenvalue weighted by atomic mass is 10.0. The first-order valence-electron chi connectivity index (χ1n) is 7.07. The molecule has 2 atom stereocenters. The van der Waals surface area contributed by atoms with E-state index in [1.54, 1.807) is 11.9 Å². The van der Waals surface area contributed by atoms with E-state index in [-0.39, 0.29) is 31.6 Å². The summed E-state index contributed by atoms with van der Waals surface area (Å²) >= 11 is 0. The summed E-state index contributed by atoms with van der Waals surface area (Å²) in [5.74, 6) is -1.38. The van der Waals surface area contributed by atoms with Gasteiger partial charge < -0.3 is 19.6 Å². The molecule has 1 aliphatic rings. The van der Waals surface area contributed by atoms with Crippen LogP contribution >= 0.6 is 0 Å². The molecule has 118 valence electrons. The average molecular weight is 297 g/mol. The summed E-state index contributed by atoms with van der Waals surface area (Å²) < 4.78 is 5.20. The summed E-state index contributed by atoms with van der Waals surface area (Å²) in [4.78, 5) is 26.8. The fourth-order valence-electron chi connectivity index (χ4n) is 2.42. The van der Waals surface area contributed by atoms with Crippen LogP contribution in [0.25, 0.3) is 0 Å². The van der Waals surface area contributed by atoms with Crippen molar-refractivity contribution in [3.05, 3.63) is 0 Å². The maximum atomic E-state index is 12.5. The van der Waals surface area contributed by atoms with Gasteiger partial charge in [-0.3, -0.25) is 4.79 Å². The van der Waals surface area contributed by atoms with Gasteiger partial charge in [-0.15, -0.1) is 0 Å². The van der Waals surface area contributed by atoms with Crippen molar-refractivity contribution in [1.82, 2.24) is 9.80 Å². The van der Waals surface area contributed by atoms with E-state index in [1.807, 2.05) is 19.9 Å². The zero-order valence-corrected chi connectivity index (χ0v) is 12.8. The third kappa shape index (κ3) is 4.60. The van der Waals surface area contributed by atoms with Gasteiger partial charge in [0.15, 0.2) is 0 Å². The van der Waals surface area contributed by atoms with Crippen LogP contribution in [-0.4, -0.2) is 66.3 Å². The van der Waals surface area contributed by atoms with Crippen LogP contribution in [-0.2, 0) is 9.53 Å². The van der Waals surface area contributed by atoms with E-state index in [2.05, 4.69) is 0 Å². The molecule has 0 spiro atoms. The van der Waals surface area contributed by atoms with Gasteiger partial charge in [0.2, 0.25) is 0 Å². The highest BCUT2D eigenvalue weighted by atomic mass is 16.5. The Labute approximate surface area is 125 Å². The number of carbonyl (C=O) groups is 2. The van der Waals surface area contributed by atoms with Gasteiger partial charge in [0.25, 0.3) is 0 Å². The van der Waals surface area contributed by atoms with Crippen LogP contribution < -0.4 is 0 Å². The van der Waals surface area contributed by atoms with Crippen LogP contribution in [0.1, 0.15) is 20.3 Å². The quantitative estimate of drug-likeness (QED) is 0.789. The topological polar surface area (TPSA) is 93.9 Å². The minimum absolute atomic E-state index is 0.125. The zero-order chi connectivity index (χ0) is 16.0. The summed E-state index contributed by atoms with van der Waals surface area (Å²) in [6, 6.07) is 1.32. The third-order valence-electron chi connectivity index (χ3n) is 3.52. The van der Waals surface area contributed by atoms with E-state index in [0.29, 0.717) is 13.1 Å². The SMILES string of the molecule is CC(C)CN(CCC#N)C(=O)N(C)C1COCC1C(=O)O. The van der Waals surface area contributed by atoms with E-state index in [1.165, 1.54) is 4.90 Å². The lowest BCUT2D eigenvalue weighted by Gasteiger charge is -2.33. The zero-order valence-electron chi connectivity index (χ0n) is 12.8. The van der Waals surface area contributed by atoms with Crippen molar-refractivity contribution in [2.75, 3.05) is 33.4 Å². The van der Waals surface area contributed by atoms with Gasteiger partial charge in [-0.25, -0.2) is 4.79 Å². The van der Waals surface area contributed by atoms with Gasteiger partial charge in [-0.1, -0.05) is 13.8 Å². The molecule has 7 heteroatoms. The van der Waals surface area contributed by atoms with Crippen LogP contribution in [0.2, 0.25) is 0 Å². The van der Waals surface area contributed by atoms with Gasteiger partial charge in [0.1, 0.15) is 5.92 Å². The van der Waals surface area contributed by atoms with Gasteiger partial charge in [0.05, 0.1) is 31.7 Å². The lowest BCUT2D eigenvalue weighted by molar-refractivity contribution is -0.142. The molecule has 0 aromatic heterocycles. The molecule has 1 aliphatic heterocycles. The normalized spacial score (nSPS) is 21.1. The standard InChI is InChI=1S/C14H23N3O4/c1-10(2)7-17(6-4-5-15)14(20)16(3)12-9-21-8-11(12)13(18)19/h10-12H,4,6-9H2,1-3H3,(H,18,19). The van der Waals surface area contributed by atoms with Crippen molar-refractivity contribution in [2.45, 2.75) is 26.3 Å². The van der Waals surface area contributed by atoms with Crippen LogP contribution in [0.15, 0.2) is 0 Å². The number of nitriles is 1. The minimum Gasteiger partial charge on any atom is -0.481 e. The molecule has 0 bridgehead atoms. The first-order valence-corrected chi connectivity index (χ1v) is 7.07. The van der Waals surface area contributed by atoms with E-state index in [0.717, 1.165) is 0 Å². The molecule has 0 aliphatic carbocycles. The van der Waals surface area contributed by atoms with Crippen molar-refractivity contribution in [1.29, 1.82) is 5.26 Å². The Morgan fingerprint density at radius 1 is 1.43 bits per heavy atom. The largest absolute Gasteiger partial charge is 0.481 e. The first-order chi connectivity index (χ1) is 9.88. The van der Waals surface area contributed by atoms with Crippen molar-refractivity contribution >= 4 is 12.0 Å². The second-order valence-electron chi connectivity index (χ2n) is 5.69. The van der Waals surface area contributed by atoms with E-state index in [4.69, 9.17) is 15.1 Å². The van der Waals surface area contributed by atoms with Crippen LogP contribution in [0.4, 0.5) is 4.79 Å². The van der Waals surface area contributed by atoms with Crippen molar-refractivity contribution in [3.8, 4) is 6.07 Å². The number of hydrogen-bond donors (Lipinski definition) is 1. The van der Waals surface area contributed by atoms with Crippen LogP contribution in [0.3, 0.4) is 0 Å². The van der Waals surface area contributed by atoms with E-state index >= 15 is 0 Å². The summed E-state index contributed by atoms with van der Waals surface area (Å²) in [7, 11) is 1.59. The number of rotatable bonds is 6. The molecule has 21 heavy (non-hydrogen) atoms. The smallest absolute Gasteiger partial charge is 0.320 e. The van der Waals surface area contributed by atoms with Crippen molar-refractivity contribution < 1.29 is 19.4 Å². The predicted octanol–water partition coefficient (Wildman–Crippen LogP) is 1.01. The Balaban J connectivity index is 2.77. The van der Waals surface area contributed by atoms with Gasteiger partial charge >= 0.3 is 12.0 Å². The Bertz CT molecular complexity index is 419. The summed E-state index contributed by atoms with van der Waals surface area (Å²) in [5.41, 5.74) is 0. The maximum absolute atomic E-state index is 12.5. The van der Waals surface area contributed by atoms with Crippen LogP contribution in [0.5, 0.6) is 0 Å². The number of nitrogens with zero attached hydrogens (tertiary/aromatic N) is 3. The minimum atomic E-state index is -0.954. The van der Waals surface area contributed by atoms with Gasteiger partial charge in [0, 0.05) is 20.1 Å². The average Bonchev–Trinajstić information content (AvgIpc) is 2.90. The molecule has 1 heterocycles. The summed E-state index contributed by atoms with van der Waals surface area (Å²) in [6.45, 7) is 5.23. The number of hydrogen-bond acceptors (Lipinski definition) is 4. The van der Waals surface area contributed by atoms with Crippen LogP contribution in [0, 0.1) is 23.2 Å². The Morgan fingerprint density at radius 2 is 2.10 bits per heavy atom. The molecule has 1 N–H and O–H groups in total. The fraction of sp³-hybridized carbons (Fsp3) is 0.786. The number of carboxylic acids is 1. The Morgan fingerprint density at radius 3 is 2.62 bits per heavy atom. The number of carbonyl (C=O) groups excluding carboxylic acids is 1. The highest BCUT2D eigenvalue weighted by molar-refractivity contribution is 5.77. The predicted molar refractivity (Wildman–Crippen MR) is 75.5 cm³/mol. The molecular weight excluding hydrogens is 274 g/mol. The number of ether oxygens (including phenoxy) is 1. The van der Waals surface area contributed by atoms with E-state index in [9.17, 15) is 9.59 Å². The Hall–Kier alpha value is -1.81.